The van der Waals surface area contributed by atoms with Crippen molar-refractivity contribution in [3.05, 3.63) is 64.7 Å². The number of hydrogen-bond acceptors (Lipinski definition) is 2. The highest BCUT2D eigenvalue weighted by Crippen LogP contribution is 2.41. The van der Waals surface area contributed by atoms with Crippen LogP contribution in [0.15, 0.2) is 42.5 Å². The summed E-state index contributed by atoms with van der Waals surface area (Å²) in [4.78, 5) is 0. The van der Waals surface area contributed by atoms with Gasteiger partial charge >= 0.3 is 0 Å². The average Bonchev–Trinajstić information content (AvgIpc) is 2.41. The zero-order valence-corrected chi connectivity index (χ0v) is 11.3. The van der Waals surface area contributed by atoms with Crippen molar-refractivity contribution < 1.29 is 9.84 Å². The van der Waals surface area contributed by atoms with Crippen molar-refractivity contribution in [2.24, 2.45) is 0 Å². The maximum absolute atomic E-state index is 10.3. The first-order chi connectivity index (χ1) is 9.15. The number of aryl methyl sites for hydroxylation is 2. The molecule has 1 aliphatic heterocycles. The molecule has 0 fully saturated rings. The molecule has 0 aromatic heterocycles. The van der Waals surface area contributed by atoms with E-state index in [1.54, 1.807) is 0 Å². The van der Waals surface area contributed by atoms with E-state index in [4.69, 9.17) is 4.74 Å². The lowest BCUT2D eigenvalue weighted by Crippen LogP contribution is -2.19. The summed E-state index contributed by atoms with van der Waals surface area (Å²) in [5.74, 6) is 0.798. The van der Waals surface area contributed by atoms with Gasteiger partial charge in [-0.2, -0.15) is 0 Å². The van der Waals surface area contributed by atoms with Crippen LogP contribution in [0.1, 0.15) is 40.9 Å². The van der Waals surface area contributed by atoms with Crippen molar-refractivity contribution >= 4 is 0 Å². The molecular weight excluding hydrogens is 236 g/mol. The first kappa shape index (κ1) is 12.2. The number of aliphatic hydroxyl groups is 1. The number of aliphatic hydroxyl groups excluding tert-OH is 1. The fourth-order valence-electron chi connectivity index (χ4n) is 2.69. The van der Waals surface area contributed by atoms with Crippen LogP contribution >= 0.6 is 0 Å². The van der Waals surface area contributed by atoms with Gasteiger partial charge in [-0.3, -0.25) is 0 Å². The van der Waals surface area contributed by atoms with Crippen molar-refractivity contribution in [3.8, 4) is 5.75 Å². The molecule has 2 aromatic rings. The lowest BCUT2D eigenvalue weighted by atomic mass is 9.92. The first-order valence-electron chi connectivity index (χ1n) is 6.66. The molecule has 0 aliphatic carbocycles. The van der Waals surface area contributed by atoms with E-state index in [1.165, 1.54) is 16.7 Å². The van der Waals surface area contributed by atoms with Crippen molar-refractivity contribution in [1.82, 2.24) is 0 Å². The second kappa shape index (κ2) is 4.71. The van der Waals surface area contributed by atoms with Gasteiger partial charge in [-0.25, -0.2) is 0 Å². The molecule has 2 heteroatoms. The molecule has 2 nitrogen and oxygen atoms in total. The van der Waals surface area contributed by atoms with Crippen LogP contribution in [0.4, 0.5) is 0 Å². The molecule has 0 radical (unpaired) electrons. The van der Waals surface area contributed by atoms with Gasteiger partial charge in [0.05, 0.1) is 6.10 Å². The van der Waals surface area contributed by atoms with Gasteiger partial charge in [-0.05, 0) is 31.0 Å². The Morgan fingerprint density at radius 1 is 1.05 bits per heavy atom. The normalized spacial score (nSPS) is 21.6. The van der Waals surface area contributed by atoms with Gasteiger partial charge in [0.2, 0.25) is 0 Å². The maximum Gasteiger partial charge on any atom is 0.127 e. The molecule has 2 atom stereocenters. The first-order valence-corrected chi connectivity index (χ1v) is 6.66. The van der Waals surface area contributed by atoms with E-state index < -0.39 is 6.10 Å². The van der Waals surface area contributed by atoms with Crippen LogP contribution in [0.3, 0.4) is 0 Å². The third-order valence-corrected chi connectivity index (χ3v) is 3.77. The van der Waals surface area contributed by atoms with Crippen molar-refractivity contribution in [3.63, 3.8) is 0 Å². The van der Waals surface area contributed by atoms with Gasteiger partial charge in [0.25, 0.3) is 0 Å². The zero-order valence-electron chi connectivity index (χ0n) is 11.3. The monoisotopic (exact) mass is 254 g/mol. The summed E-state index contributed by atoms with van der Waals surface area (Å²) in [5, 5.41) is 10.3. The summed E-state index contributed by atoms with van der Waals surface area (Å²) in [6, 6.07) is 14.1. The van der Waals surface area contributed by atoms with Crippen molar-refractivity contribution in [2.45, 2.75) is 32.5 Å². The summed E-state index contributed by atoms with van der Waals surface area (Å²) in [6.07, 6.45) is 0.0982. The lowest BCUT2D eigenvalue weighted by molar-refractivity contribution is 0.0654. The highest BCUT2D eigenvalue weighted by Gasteiger charge is 2.28. The molecule has 2 aromatic carbocycles. The second-order valence-electron chi connectivity index (χ2n) is 5.26. The number of fused-ring (bicyclic) bond motifs is 1. The predicted molar refractivity (Wildman–Crippen MR) is 75.3 cm³/mol. The Morgan fingerprint density at radius 3 is 2.68 bits per heavy atom. The van der Waals surface area contributed by atoms with Crippen LogP contribution in [0, 0.1) is 13.8 Å². The summed E-state index contributed by atoms with van der Waals surface area (Å²) in [6.45, 7) is 4.17. The summed E-state index contributed by atoms with van der Waals surface area (Å²) < 4.78 is 6.06. The molecule has 3 rings (SSSR count). The number of rotatable bonds is 1. The number of ether oxygens (including phenoxy) is 1. The fourth-order valence-corrected chi connectivity index (χ4v) is 2.69. The molecule has 0 saturated carbocycles. The van der Waals surface area contributed by atoms with Crippen LogP contribution in [0.5, 0.6) is 5.75 Å². The van der Waals surface area contributed by atoms with E-state index in [0.29, 0.717) is 6.42 Å². The molecule has 19 heavy (non-hydrogen) atoms. The Labute approximate surface area is 113 Å². The van der Waals surface area contributed by atoms with Crippen molar-refractivity contribution in [2.75, 3.05) is 0 Å². The highest BCUT2D eigenvalue weighted by atomic mass is 16.5. The Morgan fingerprint density at radius 2 is 1.84 bits per heavy atom. The Bertz CT molecular complexity index is 604. The Kier molecular flexibility index (Phi) is 3.03. The van der Waals surface area contributed by atoms with Crippen LogP contribution in [-0.4, -0.2) is 5.11 Å². The minimum Gasteiger partial charge on any atom is -0.485 e. The summed E-state index contributed by atoms with van der Waals surface area (Å²) >= 11 is 0. The number of para-hydroxylation sites is 1. The molecule has 1 N–H and O–H groups in total. The lowest BCUT2D eigenvalue weighted by Gasteiger charge is -2.30. The molecule has 1 heterocycles. The van der Waals surface area contributed by atoms with Gasteiger partial charge in [-0.15, -0.1) is 0 Å². The van der Waals surface area contributed by atoms with Crippen LogP contribution < -0.4 is 4.74 Å². The molecule has 0 spiro atoms. The van der Waals surface area contributed by atoms with E-state index >= 15 is 0 Å². The van der Waals surface area contributed by atoms with Gasteiger partial charge in [0.1, 0.15) is 11.9 Å². The minimum atomic E-state index is -0.449. The van der Waals surface area contributed by atoms with Crippen LogP contribution in [-0.2, 0) is 0 Å². The SMILES string of the molecule is Cc1ccc(C)c(C2C[C@@H](O)c3ccccc3O2)c1. The molecule has 98 valence electrons. The average molecular weight is 254 g/mol. The quantitative estimate of drug-likeness (QED) is 0.837. The Balaban J connectivity index is 1.99. The molecular formula is C17H18O2. The molecule has 0 saturated heterocycles. The highest BCUT2D eigenvalue weighted by molar-refractivity contribution is 5.40. The van der Waals surface area contributed by atoms with E-state index in [1.807, 2.05) is 24.3 Å². The third kappa shape index (κ3) is 2.24. The molecule has 0 bridgehead atoms. The predicted octanol–water partition coefficient (Wildman–Crippen LogP) is 3.86. The van der Waals surface area contributed by atoms with Gasteiger partial charge < -0.3 is 9.84 Å². The maximum atomic E-state index is 10.3. The van der Waals surface area contributed by atoms with Gasteiger partial charge in [0, 0.05) is 12.0 Å². The van der Waals surface area contributed by atoms with E-state index in [2.05, 4.69) is 32.0 Å². The van der Waals surface area contributed by atoms with E-state index in [9.17, 15) is 5.11 Å². The van der Waals surface area contributed by atoms with E-state index in [-0.39, 0.29) is 6.10 Å². The Hall–Kier alpha value is -1.80. The number of hydrogen-bond donors (Lipinski definition) is 1. The van der Waals surface area contributed by atoms with Gasteiger partial charge in [0.15, 0.2) is 0 Å². The van der Waals surface area contributed by atoms with Crippen LogP contribution in [0.25, 0.3) is 0 Å². The minimum absolute atomic E-state index is 0.0650. The number of benzene rings is 2. The largest absolute Gasteiger partial charge is 0.485 e. The molecule has 1 unspecified atom stereocenters. The van der Waals surface area contributed by atoms with Crippen LogP contribution in [0.2, 0.25) is 0 Å². The smallest absolute Gasteiger partial charge is 0.127 e. The fraction of sp³-hybridized carbons (Fsp3) is 0.294. The topological polar surface area (TPSA) is 29.5 Å². The molecule has 1 aliphatic rings. The summed E-state index contributed by atoms with van der Waals surface area (Å²) in [7, 11) is 0. The van der Waals surface area contributed by atoms with Gasteiger partial charge in [-0.1, -0.05) is 42.0 Å². The van der Waals surface area contributed by atoms with Crippen molar-refractivity contribution in [1.29, 1.82) is 0 Å². The second-order valence-corrected chi connectivity index (χ2v) is 5.26. The summed E-state index contributed by atoms with van der Waals surface area (Å²) in [5.41, 5.74) is 4.50. The standard InChI is InChI=1S/C17H18O2/c1-11-7-8-12(2)14(9-11)17-10-15(18)13-5-3-4-6-16(13)19-17/h3-9,15,17-18H,10H2,1-2H3/t15-,17?/m1/s1. The third-order valence-electron chi connectivity index (χ3n) is 3.77. The molecule has 0 amide bonds. The van der Waals surface area contributed by atoms with E-state index in [0.717, 1.165) is 11.3 Å². The zero-order chi connectivity index (χ0) is 13.4.